The van der Waals surface area contributed by atoms with Gasteiger partial charge in [-0.3, -0.25) is 0 Å². The maximum absolute atomic E-state index is 15.0. The molecular formula is C59H31F6N5S2. The van der Waals surface area contributed by atoms with Gasteiger partial charge in [0.15, 0.2) is 17.5 Å². The van der Waals surface area contributed by atoms with Gasteiger partial charge in [0.05, 0.1) is 44.6 Å². The Morgan fingerprint density at radius 1 is 0.347 bits per heavy atom. The van der Waals surface area contributed by atoms with Crippen molar-refractivity contribution in [3.63, 3.8) is 0 Å². The number of aromatic nitrogens is 5. The summed E-state index contributed by atoms with van der Waals surface area (Å²) in [4.78, 5) is 14.8. The molecule has 0 bridgehead atoms. The standard InChI is InChI=1S/C59H31F6N5S2/c60-58(61,62)33-22-26-45(69-43-18-8-4-16-39(43)51-47(69)28-24-37-35-14-6-10-20-49(35)71-53(37)51)41(30-33)56-66-55(32-12-2-1-3-13-32)67-57(68-56)42-31-34(59(63,64)65)23-27-46(42)70-44-19-9-5-17-40(44)52-48(70)29-25-38-36-15-7-11-21-50(36)72-54(38)52/h1-31H. The van der Waals surface area contributed by atoms with Crippen molar-refractivity contribution in [2.45, 2.75) is 12.4 Å². The second-order valence-electron chi connectivity index (χ2n) is 17.7. The number of alkyl halides is 6. The summed E-state index contributed by atoms with van der Waals surface area (Å²) >= 11 is 3.30. The van der Waals surface area contributed by atoms with Crippen molar-refractivity contribution in [1.82, 2.24) is 24.1 Å². The monoisotopic (exact) mass is 987 g/mol. The fourth-order valence-electron chi connectivity index (χ4n) is 10.5. The second-order valence-corrected chi connectivity index (χ2v) is 19.8. The first-order valence-corrected chi connectivity index (χ1v) is 24.5. The molecule has 0 unspecified atom stereocenters. The molecule has 72 heavy (non-hydrogen) atoms. The lowest BCUT2D eigenvalue weighted by atomic mass is 10.0. The average molecular weight is 988 g/mol. The van der Waals surface area contributed by atoms with Gasteiger partial charge in [-0.05, 0) is 72.8 Å². The summed E-state index contributed by atoms with van der Waals surface area (Å²) < 4.78 is 98.4. The van der Waals surface area contributed by atoms with Crippen LogP contribution in [-0.4, -0.2) is 24.1 Å². The Labute approximate surface area is 412 Å². The van der Waals surface area contributed by atoms with Crippen LogP contribution in [0.4, 0.5) is 26.3 Å². The zero-order valence-corrected chi connectivity index (χ0v) is 38.9. The Morgan fingerprint density at radius 2 is 0.750 bits per heavy atom. The summed E-state index contributed by atoms with van der Waals surface area (Å²) in [5.41, 5.74) is 2.22. The molecule has 13 heteroatoms. The van der Waals surface area contributed by atoms with Gasteiger partial charge < -0.3 is 9.13 Å². The molecule has 0 N–H and O–H groups in total. The van der Waals surface area contributed by atoms with Crippen LogP contribution >= 0.6 is 22.7 Å². The van der Waals surface area contributed by atoms with E-state index in [1.54, 1.807) is 53.0 Å². The molecule has 0 amide bonds. The van der Waals surface area contributed by atoms with Gasteiger partial charge in [-0.2, -0.15) is 26.3 Å². The van der Waals surface area contributed by atoms with Crippen molar-refractivity contribution < 1.29 is 26.3 Å². The van der Waals surface area contributed by atoms with E-state index >= 15 is 26.3 Å². The van der Waals surface area contributed by atoms with E-state index in [0.29, 0.717) is 16.9 Å². The first-order valence-electron chi connectivity index (χ1n) is 22.9. The van der Waals surface area contributed by atoms with E-state index in [1.165, 1.54) is 12.1 Å². The molecule has 14 aromatic rings. The van der Waals surface area contributed by atoms with Crippen LogP contribution in [0.3, 0.4) is 0 Å². The van der Waals surface area contributed by atoms with Crippen LogP contribution in [-0.2, 0) is 12.4 Å². The van der Waals surface area contributed by atoms with Crippen LogP contribution in [0.5, 0.6) is 0 Å². The fraction of sp³-hybridized carbons (Fsp3) is 0.0339. The highest BCUT2D eigenvalue weighted by atomic mass is 32.1. The molecule has 5 nitrogen and oxygen atoms in total. The topological polar surface area (TPSA) is 48.5 Å². The molecule has 0 atom stereocenters. The van der Waals surface area contributed by atoms with Crippen LogP contribution in [0.25, 0.3) is 129 Å². The molecule has 0 radical (unpaired) electrons. The minimum Gasteiger partial charge on any atom is -0.308 e. The summed E-state index contributed by atoms with van der Waals surface area (Å²) in [6.45, 7) is 0. The van der Waals surface area contributed by atoms with Gasteiger partial charge >= 0.3 is 12.4 Å². The SMILES string of the molecule is FC(F)(F)c1ccc(-n2c3ccccc3c3c4sc5ccccc5c4ccc32)c(-c2nc(-c3ccccc3)nc(-c3cc(C(F)(F)F)ccc3-n3c4ccccc4c4c5sc6ccccc6c5ccc43)n2)c1. The molecule has 9 aromatic carbocycles. The highest BCUT2D eigenvalue weighted by molar-refractivity contribution is 7.27. The van der Waals surface area contributed by atoms with Gasteiger partial charge in [0.25, 0.3) is 0 Å². The van der Waals surface area contributed by atoms with E-state index in [4.69, 9.17) is 15.0 Å². The van der Waals surface area contributed by atoms with Crippen LogP contribution in [0, 0.1) is 0 Å². The number of rotatable bonds is 5. The molecule has 0 aliphatic carbocycles. The van der Waals surface area contributed by atoms with Crippen molar-refractivity contribution in [2.24, 2.45) is 0 Å². The van der Waals surface area contributed by atoms with E-state index in [2.05, 4.69) is 24.3 Å². The lowest BCUT2D eigenvalue weighted by Gasteiger charge is -2.18. The fourth-order valence-corrected chi connectivity index (χ4v) is 13.0. The first-order chi connectivity index (χ1) is 35.0. The largest absolute Gasteiger partial charge is 0.416 e. The zero-order chi connectivity index (χ0) is 48.6. The molecular weight excluding hydrogens is 957 g/mol. The molecule has 0 aliphatic rings. The number of hydrogen-bond acceptors (Lipinski definition) is 5. The number of halogens is 6. The molecule has 5 heterocycles. The van der Waals surface area contributed by atoms with E-state index in [9.17, 15) is 0 Å². The average Bonchev–Trinajstić information content (AvgIpc) is 4.16. The maximum atomic E-state index is 15.0. The molecule has 0 spiro atoms. The van der Waals surface area contributed by atoms with Gasteiger partial charge in [-0.1, -0.05) is 115 Å². The van der Waals surface area contributed by atoms with Crippen molar-refractivity contribution in [3.05, 3.63) is 199 Å². The Hall–Kier alpha value is -8.39. The summed E-state index contributed by atoms with van der Waals surface area (Å²) in [6, 6.07) is 55.7. The van der Waals surface area contributed by atoms with Crippen LogP contribution in [0.1, 0.15) is 11.1 Å². The quantitative estimate of drug-likeness (QED) is 0.161. The smallest absolute Gasteiger partial charge is 0.308 e. The van der Waals surface area contributed by atoms with Crippen molar-refractivity contribution in [1.29, 1.82) is 0 Å². The predicted molar refractivity (Wildman–Crippen MR) is 281 cm³/mol. The highest BCUT2D eigenvalue weighted by Gasteiger charge is 2.35. The first kappa shape index (κ1) is 42.5. The number of hydrogen-bond donors (Lipinski definition) is 0. The van der Waals surface area contributed by atoms with Crippen molar-refractivity contribution in [2.75, 3.05) is 0 Å². The molecule has 5 aromatic heterocycles. The van der Waals surface area contributed by atoms with Crippen molar-refractivity contribution in [3.8, 4) is 45.5 Å². The summed E-state index contributed by atoms with van der Waals surface area (Å²) in [5.74, 6) is -0.261. The molecule has 0 fully saturated rings. The normalized spacial score (nSPS) is 12.6. The summed E-state index contributed by atoms with van der Waals surface area (Å²) in [5, 5.41) is 7.97. The van der Waals surface area contributed by atoms with Gasteiger partial charge in [-0.15, -0.1) is 22.7 Å². The van der Waals surface area contributed by atoms with Gasteiger partial charge in [0.2, 0.25) is 0 Å². The Bertz CT molecular complexity index is 4300. The van der Waals surface area contributed by atoms with E-state index in [-0.39, 0.29) is 28.6 Å². The third-order valence-corrected chi connectivity index (χ3v) is 16.0. The molecule has 14 rings (SSSR count). The number of fused-ring (bicyclic) bond motifs is 14. The maximum Gasteiger partial charge on any atom is 0.416 e. The Kier molecular flexibility index (Phi) is 9.18. The lowest BCUT2D eigenvalue weighted by Crippen LogP contribution is -2.10. The highest BCUT2D eigenvalue weighted by Crippen LogP contribution is 2.48. The van der Waals surface area contributed by atoms with Crippen LogP contribution in [0.2, 0.25) is 0 Å². The van der Waals surface area contributed by atoms with Gasteiger partial charge in [0, 0.05) is 78.6 Å². The zero-order valence-electron chi connectivity index (χ0n) is 37.2. The molecule has 0 saturated carbocycles. The van der Waals surface area contributed by atoms with Gasteiger partial charge in [-0.25, -0.2) is 15.0 Å². The third kappa shape index (κ3) is 6.43. The molecule has 0 saturated heterocycles. The Balaban J connectivity index is 1.08. The molecule has 0 aliphatic heterocycles. The van der Waals surface area contributed by atoms with E-state index in [0.717, 1.165) is 108 Å². The molecule has 346 valence electrons. The summed E-state index contributed by atoms with van der Waals surface area (Å²) in [7, 11) is 0. The summed E-state index contributed by atoms with van der Waals surface area (Å²) in [6.07, 6.45) is -9.56. The minimum atomic E-state index is -4.78. The van der Waals surface area contributed by atoms with Crippen LogP contribution in [0.15, 0.2) is 188 Å². The van der Waals surface area contributed by atoms with E-state index < -0.39 is 23.5 Å². The number of para-hydroxylation sites is 2. The van der Waals surface area contributed by atoms with E-state index in [1.807, 2.05) is 106 Å². The minimum absolute atomic E-state index is 0.00212. The number of benzene rings is 9. The van der Waals surface area contributed by atoms with Gasteiger partial charge in [0.1, 0.15) is 0 Å². The second kappa shape index (κ2) is 15.6. The number of thiophene rings is 2. The lowest BCUT2D eigenvalue weighted by molar-refractivity contribution is -0.138. The predicted octanol–water partition coefficient (Wildman–Crippen LogP) is 17.8. The third-order valence-electron chi connectivity index (χ3n) is 13.6. The van der Waals surface area contributed by atoms with Crippen molar-refractivity contribution >= 4 is 107 Å². The number of nitrogens with zero attached hydrogens (tertiary/aromatic N) is 5. The Morgan fingerprint density at radius 3 is 1.21 bits per heavy atom. The van der Waals surface area contributed by atoms with Crippen LogP contribution < -0.4 is 0 Å².